The summed E-state index contributed by atoms with van der Waals surface area (Å²) < 4.78 is 24.0. The van der Waals surface area contributed by atoms with E-state index < -0.39 is 0 Å². The Morgan fingerprint density at radius 3 is 1.32 bits per heavy atom. The highest BCUT2D eigenvalue weighted by Crippen LogP contribution is 2.45. The molecule has 73 heavy (non-hydrogen) atoms. The molecule has 0 aliphatic rings. The zero-order valence-electron chi connectivity index (χ0n) is 38.2. The van der Waals surface area contributed by atoms with E-state index in [2.05, 4.69) is 121 Å². The lowest BCUT2D eigenvalue weighted by Crippen LogP contribution is -2.01. The number of hydrogen-bond acceptors (Lipinski definition) is 7. The summed E-state index contributed by atoms with van der Waals surface area (Å²) in [6.45, 7) is 0. The maximum atomic E-state index is 10.3. The van der Waals surface area contributed by atoms with Crippen molar-refractivity contribution in [2.75, 3.05) is 0 Å². The van der Waals surface area contributed by atoms with Crippen LogP contribution in [-0.4, -0.2) is 9.13 Å². The fraction of sp³-hybridized carbons (Fsp3) is 0. The normalized spacial score (nSPS) is 11.8. The number of aromatic nitrogens is 2. The number of rotatable bonds is 4. The Bertz CT molecular complexity index is 5100. The third-order valence-corrected chi connectivity index (χ3v) is 14.7. The second kappa shape index (κ2) is 14.8. The van der Waals surface area contributed by atoms with E-state index >= 15 is 0 Å². The molecule has 0 fully saturated rings. The molecular formula is C64H30N6O3. The van der Waals surface area contributed by atoms with E-state index in [4.69, 9.17) is 13.3 Å². The molecule has 15 aromatic rings. The molecule has 334 valence electrons. The van der Waals surface area contributed by atoms with Gasteiger partial charge in [0.1, 0.15) is 57.8 Å². The van der Waals surface area contributed by atoms with Gasteiger partial charge >= 0.3 is 0 Å². The van der Waals surface area contributed by atoms with E-state index in [-0.39, 0.29) is 0 Å². The Morgan fingerprint density at radius 1 is 0.288 bits per heavy atom. The third-order valence-electron chi connectivity index (χ3n) is 14.7. The van der Waals surface area contributed by atoms with Crippen molar-refractivity contribution in [3.63, 3.8) is 0 Å². The average Bonchev–Trinajstić information content (AvgIpc) is 4.26. The van der Waals surface area contributed by atoms with Crippen LogP contribution < -0.4 is 0 Å². The van der Waals surface area contributed by atoms with Gasteiger partial charge in [-0.3, -0.25) is 0 Å². The van der Waals surface area contributed by atoms with Crippen LogP contribution >= 0.6 is 0 Å². The molecule has 0 saturated carbocycles. The number of nitrogens with zero attached hydrogens (tertiary/aromatic N) is 6. The van der Waals surface area contributed by atoms with Gasteiger partial charge < -0.3 is 22.4 Å². The highest BCUT2D eigenvalue weighted by Gasteiger charge is 2.25. The summed E-state index contributed by atoms with van der Waals surface area (Å²) >= 11 is 0. The van der Waals surface area contributed by atoms with Crippen LogP contribution in [-0.2, 0) is 0 Å². The lowest BCUT2D eigenvalue weighted by molar-refractivity contribution is 0.669. The maximum absolute atomic E-state index is 10.3. The van der Waals surface area contributed by atoms with Crippen LogP contribution in [0.1, 0.15) is 22.3 Å². The average molecular weight is 931 g/mol. The lowest BCUT2D eigenvalue weighted by atomic mass is 9.99. The topological polar surface area (TPSA) is 144 Å². The Kier molecular flexibility index (Phi) is 8.15. The number of benzene rings is 10. The molecule has 0 unspecified atom stereocenters. The molecule has 15 rings (SSSR count). The molecule has 0 amide bonds. The predicted octanol–water partition coefficient (Wildman–Crippen LogP) is 16.4. The molecular weight excluding hydrogens is 901 g/mol. The van der Waals surface area contributed by atoms with Crippen molar-refractivity contribution in [2.45, 2.75) is 0 Å². The molecule has 0 radical (unpaired) electrons. The van der Waals surface area contributed by atoms with E-state index in [1.54, 1.807) is 36.4 Å². The van der Waals surface area contributed by atoms with Crippen LogP contribution in [0.2, 0.25) is 0 Å². The van der Waals surface area contributed by atoms with Gasteiger partial charge in [0.2, 0.25) is 0 Å². The number of hydrogen-bond donors (Lipinski definition) is 0. The number of fused-ring (bicyclic) bond motifs is 17. The van der Waals surface area contributed by atoms with Gasteiger partial charge in [-0.1, -0.05) is 72.8 Å². The Morgan fingerprint density at radius 2 is 0.699 bits per heavy atom. The van der Waals surface area contributed by atoms with Crippen LogP contribution in [0.4, 0.5) is 0 Å². The highest BCUT2D eigenvalue weighted by molar-refractivity contribution is 6.26. The Labute approximate surface area is 413 Å². The van der Waals surface area contributed by atoms with Crippen molar-refractivity contribution < 1.29 is 13.3 Å². The second-order valence-corrected chi connectivity index (χ2v) is 18.4. The van der Waals surface area contributed by atoms with Gasteiger partial charge in [0.05, 0.1) is 66.5 Å². The van der Waals surface area contributed by atoms with Gasteiger partial charge in [0.25, 0.3) is 0 Å². The summed E-state index contributed by atoms with van der Waals surface area (Å²) in [5.74, 6) is 0. The van der Waals surface area contributed by atoms with E-state index in [1.165, 1.54) is 0 Å². The highest BCUT2D eigenvalue weighted by atomic mass is 16.3. The molecule has 5 heterocycles. The fourth-order valence-corrected chi connectivity index (χ4v) is 11.5. The van der Waals surface area contributed by atoms with Crippen molar-refractivity contribution in [3.05, 3.63) is 204 Å². The summed E-state index contributed by atoms with van der Waals surface area (Å²) in [5, 5.41) is 50.6. The van der Waals surface area contributed by atoms with Crippen molar-refractivity contribution in [1.82, 2.24) is 9.13 Å². The minimum absolute atomic E-state index is 0.403. The van der Waals surface area contributed by atoms with E-state index in [0.29, 0.717) is 33.6 Å². The number of furan rings is 3. The summed E-state index contributed by atoms with van der Waals surface area (Å²) in [6.07, 6.45) is 0. The summed E-state index contributed by atoms with van der Waals surface area (Å²) in [7, 11) is 0. The van der Waals surface area contributed by atoms with Crippen molar-refractivity contribution in [3.8, 4) is 57.9 Å². The number of nitriles is 4. The van der Waals surface area contributed by atoms with Gasteiger partial charge in [0, 0.05) is 43.1 Å². The molecule has 0 N–H and O–H groups in total. The smallest absolute Gasteiger partial charge is 0.145 e. The van der Waals surface area contributed by atoms with Crippen LogP contribution in [0.3, 0.4) is 0 Å². The van der Waals surface area contributed by atoms with Crippen molar-refractivity contribution in [1.29, 1.82) is 21.0 Å². The molecule has 0 spiro atoms. The van der Waals surface area contributed by atoms with E-state index in [9.17, 15) is 21.0 Å². The zero-order valence-corrected chi connectivity index (χ0v) is 38.2. The molecule has 0 bridgehead atoms. The van der Waals surface area contributed by atoms with Crippen molar-refractivity contribution in [2.24, 2.45) is 0 Å². The van der Waals surface area contributed by atoms with Crippen LogP contribution in [0.25, 0.3) is 143 Å². The molecule has 0 aliphatic carbocycles. The minimum atomic E-state index is 0.403. The van der Waals surface area contributed by atoms with Gasteiger partial charge in [-0.25, -0.2) is 0 Å². The monoisotopic (exact) mass is 930 g/mol. The van der Waals surface area contributed by atoms with Gasteiger partial charge in [-0.15, -0.1) is 0 Å². The largest absolute Gasteiger partial charge is 0.456 e. The van der Waals surface area contributed by atoms with Gasteiger partial charge in [-0.2, -0.15) is 21.0 Å². The molecule has 5 aromatic heterocycles. The lowest BCUT2D eigenvalue weighted by Gasteiger charge is -2.12. The first-order valence-corrected chi connectivity index (χ1v) is 23.6. The maximum Gasteiger partial charge on any atom is 0.145 e. The first kappa shape index (κ1) is 40.1. The van der Waals surface area contributed by atoms with Crippen LogP contribution in [0, 0.1) is 45.3 Å². The first-order valence-electron chi connectivity index (χ1n) is 23.6. The van der Waals surface area contributed by atoms with E-state index in [0.717, 1.165) is 132 Å². The molecule has 9 nitrogen and oxygen atoms in total. The fourth-order valence-electron chi connectivity index (χ4n) is 11.5. The molecule has 10 aromatic carbocycles. The Balaban J connectivity index is 0.854. The SMILES string of the molecule is N#Cc1cccc(C#N)c1-n1c2ccccc2c2c3oc4ccc(-c5ccc6oc7cc(-c8ccc9c(c8)c8c%10oc%11ccccc%11c%10ccc8n9-c8c(C#N)cccc8C#N)ccc7c6c5)cc4c3ccc21. The third kappa shape index (κ3) is 5.51. The van der Waals surface area contributed by atoms with Crippen LogP contribution in [0.5, 0.6) is 0 Å². The second-order valence-electron chi connectivity index (χ2n) is 18.4. The van der Waals surface area contributed by atoms with Crippen molar-refractivity contribution >= 4 is 109 Å². The first-order chi connectivity index (χ1) is 36.0. The predicted molar refractivity (Wildman–Crippen MR) is 287 cm³/mol. The summed E-state index contributed by atoms with van der Waals surface area (Å²) in [6, 6.07) is 69.3. The molecule has 0 atom stereocenters. The summed E-state index contributed by atoms with van der Waals surface area (Å²) in [4.78, 5) is 0. The zero-order chi connectivity index (χ0) is 48.6. The number of para-hydroxylation sites is 4. The molecule has 0 aliphatic heterocycles. The minimum Gasteiger partial charge on any atom is -0.456 e. The summed E-state index contributed by atoms with van der Waals surface area (Å²) in [5.41, 5.74) is 14.7. The molecule has 0 saturated heterocycles. The Hall–Kier alpha value is -10.8. The van der Waals surface area contributed by atoms with E-state index in [1.807, 2.05) is 57.7 Å². The molecule has 9 heteroatoms. The van der Waals surface area contributed by atoms with Gasteiger partial charge in [-0.05, 0) is 131 Å². The standard InChI is InChI=1S/C64H30N6O3/c65-31-39-7-5-8-40(32-66)61(39)69-51-13-3-1-12-47(51)59-53(69)24-21-46-49-28-37(18-26-57(49)73-64(46)59)36-17-25-56-48(27-36)44-19-15-38(30-58(44)71-56)35-16-22-52-50(29-35)60-54(70(52)62-41(33-67)9-6-10-42(62)34-68)23-20-45-43-11-2-4-14-55(43)72-63(45)60/h1-30H. The van der Waals surface area contributed by atoms with Crippen LogP contribution in [0.15, 0.2) is 195 Å². The van der Waals surface area contributed by atoms with Gasteiger partial charge in [0.15, 0.2) is 0 Å². The quantitative estimate of drug-likeness (QED) is 0.171.